The summed E-state index contributed by atoms with van der Waals surface area (Å²) in [6.07, 6.45) is 4.88. The first-order valence-electron chi connectivity index (χ1n) is 7.25. The molecule has 1 fully saturated rings. The fourth-order valence-corrected chi connectivity index (χ4v) is 2.85. The Hall–Kier alpha value is -1.68. The third-order valence-corrected chi connectivity index (χ3v) is 4.34. The summed E-state index contributed by atoms with van der Waals surface area (Å²) in [5, 5.41) is 4.09. The van der Waals surface area contributed by atoms with E-state index < -0.39 is 0 Å². The first kappa shape index (κ1) is 13.3. The minimum Gasteiger partial charge on any atom is -0.339 e. The maximum Gasteiger partial charge on any atom is 0.231 e. The lowest BCUT2D eigenvalue weighted by molar-refractivity contribution is 0.352. The molecule has 1 aliphatic carbocycles. The van der Waals surface area contributed by atoms with Crippen molar-refractivity contribution in [3.63, 3.8) is 0 Å². The summed E-state index contributed by atoms with van der Waals surface area (Å²) in [5.74, 6) is 1.33. The predicted octanol–water partition coefficient (Wildman–Crippen LogP) is 3.01. The lowest BCUT2D eigenvalue weighted by atomic mass is 9.98. The summed E-state index contributed by atoms with van der Waals surface area (Å²) in [6.45, 7) is 4.23. The topological polar surface area (TPSA) is 64.9 Å². The van der Waals surface area contributed by atoms with Gasteiger partial charge in [-0.3, -0.25) is 0 Å². The van der Waals surface area contributed by atoms with Gasteiger partial charge in [-0.2, -0.15) is 4.98 Å². The normalized spacial score (nSPS) is 17.6. The zero-order valence-corrected chi connectivity index (χ0v) is 12.1. The van der Waals surface area contributed by atoms with Crippen molar-refractivity contribution in [3.8, 4) is 0 Å². The number of rotatable bonds is 3. The van der Waals surface area contributed by atoms with Crippen LogP contribution in [-0.2, 0) is 12.0 Å². The second-order valence-electron chi connectivity index (χ2n) is 5.97. The first-order valence-corrected chi connectivity index (χ1v) is 7.25. The molecule has 1 heterocycles. The highest BCUT2D eigenvalue weighted by atomic mass is 16.5. The van der Waals surface area contributed by atoms with Crippen molar-refractivity contribution in [2.75, 3.05) is 0 Å². The minimum atomic E-state index is -0.370. The van der Waals surface area contributed by atoms with Crippen molar-refractivity contribution in [2.24, 2.45) is 5.73 Å². The van der Waals surface area contributed by atoms with Gasteiger partial charge in [0.15, 0.2) is 5.82 Å². The number of benzene rings is 1. The van der Waals surface area contributed by atoms with Crippen LogP contribution in [0.4, 0.5) is 0 Å². The number of aromatic nitrogens is 2. The Morgan fingerprint density at radius 2 is 1.95 bits per heavy atom. The van der Waals surface area contributed by atoms with Crippen molar-refractivity contribution in [1.82, 2.24) is 10.1 Å². The number of hydrogen-bond acceptors (Lipinski definition) is 4. The Kier molecular flexibility index (Phi) is 3.34. The summed E-state index contributed by atoms with van der Waals surface area (Å²) in [7, 11) is 0. The molecule has 1 aromatic heterocycles. The van der Waals surface area contributed by atoms with Crippen LogP contribution in [0, 0.1) is 13.8 Å². The molecule has 4 nitrogen and oxygen atoms in total. The summed E-state index contributed by atoms with van der Waals surface area (Å²) in [4.78, 5) is 4.51. The van der Waals surface area contributed by atoms with Crippen molar-refractivity contribution in [1.29, 1.82) is 0 Å². The van der Waals surface area contributed by atoms with Gasteiger partial charge >= 0.3 is 0 Å². The molecule has 2 N–H and O–H groups in total. The van der Waals surface area contributed by atoms with Gasteiger partial charge in [-0.15, -0.1) is 0 Å². The number of aryl methyl sites for hydroxylation is 2. The van der Waals surface area contributed by atoms with Gasteiger partial charge in [-0.05, 0) is 43.4 Å². The van der Waals surface area contributed by atoms with E-state index in [9.17, 15) is 0 Å². The average Bonchev–Trinajstić information content (AvgIpc) is 3.04. The van der Waals surface area contributed by atoms with E-state index in [-0.39, 0.29) is 5.54 Å². The Labute approximate surface area is 119 Å². The van der Waals surface area contributed by atoms with Crippen LogP contribution < -0.4 is 5.73 Å². The molecule has 0 radical (unpaired) electrons. The molecular weight excluding hydrogens is 250 g/mol. The molecule has 0 unspecified atom stereocenters. The van der Waals surface area contributed by atoms with Crippen LogP contribution >= 0.6 is 0 Å². The van der Waals surface area contributed by atoms with Crippen LogP contribution in [0.3, 0.4) is 0 Å². The smallest absolute Gasteiger partial charge is 0.231 e. The second-order valence-corrected chi connectivity index (χ2v) is 5.97. The van der Waals surface area contributed by atoms with E-state index in [1.807, 2.05) is 0 Å². The number of hydrogen-bond donors (Lipinski definition) is 1. The summed E-state index contributed by atoms with van der Waals surface area (Å²) < 4.78 is 5.38. The van der Waals surface area contributed by atoms with Crippen molar-refractivity contribution >= 4 is 0 Å². The SMILES string of the molecule is Cc1ccc(Cc2nc(C3(N)CCCC3)no2)cc1C. The van der Waals surface area contributed by atoms with Crippen molar-refractivity contribution in [2.45, 2.75) is 51.5 Å². The maximum atomic E-state index is 6.35. The van der Waals surface area contributed by atoms with Gasteiger partial charge in [0.25, 0.3) is 0 Å². The van der Waals surface area contributed by atoms with Crippen LogP contribution in [-0.4, -0.2) is 10.1 Å². The largest absolute Gasteiger partial charge is 0.339 e. The molecule has 0 aliphatic heterocycles. The van der Waals surface area contributed by atoms with Crippen LogP contribution in [0.2, 0.25) is 0 Å². The van der Waals surface area contributed by atoms with Gasteiger partial charge in [-0.25, -0.2) is 0 Å². The Morgan fingerprint density at radius 1 is 1.20 bits per heavy atom. The highest BCUT2D eigenvalue weighted by molar-refractivity contribution is 5.31. The predicted molar refractivity (Wildman–Crippen MR) is 77.4 cm³/mol. The maximum absolute atomic E-state index is 6.35. The third-order valence-electron chi connectivity index (χ3n) is 4.34. The Balaban J connectivity index is 1.78. The molecule has 1 aromatic carbocycles. The lowest BCUT2D eigenvalue weighted by Gasteiger charge is -2.17. The zero-order chi connectivity index (χ0) is 14.2. The third kappa shape index (κ3) is 2.48. The second kappa shape index (κ2) is 5.02. The van der Waals surface area contributed by atoms with Gasteiger partial charge in [0.1, 0.15) is 0 Å². The number of nitrogens with zero attached hydrogens (tertiary/aromatic N) is 2. The monoisotopic (exact) mass is 271 g/mol. The molecule has 0 amide bonds. The van der Waals surface area contributed by atoms with Crippen LogP contribution in [0.15, 0.2) is 22.7 Å². The van der Waals surface area contributed by atoms with Crippen molar-refractivity contribution in [3.05, 3.63) is 46.6 Å². The Bertz CT molecular complexity index is 612. The van der Waals surface area contributed by atoms with Gasteiger partial charge in [0, 0.05) is 0 Å². The van der Waals surface area contributed by atoms with E-state index in [1.165, 1.54) is 16.7 Å². The van der Waals surface area contributed by atoms with E-state index in [0.29, 0.717) is 18.1 Å². The average molecular weight is 271 g/mol. The summed E-state index contributed by atoms with van der Waals surface area (Å²) in [5.41, 5.74) is 9.75. The molecule has 0 atom stereocenters. The molecule has 106 valence electrons. The highest BCUT2D eigenvalue weighted by Gasteiger charge is 2.35. The molecule has 2 aromatic rings. The molecular formula is C16H21N3O. The van der Waals surface area contributed by atoms with Crippen LogP contribution in [0.1, 0.15) is 54.1 Å². The van der Waals surface area contributed by atoms with Gasteiger partial charge in [0.2, 0.25) is 5.89 Å². The first-order chi connectivity index (χ1) is 9.57. The molecule has 0 bridgehead atoms. The van der Waals surface area contributed by atoms with E-state index in [4.69, 9.17) is 10.3 Å². The molecule has 0 spiro atoms. The fourth-order valence-electron chi connectivity index (χ4n) is 2.85. The van der Waals surface area contributed by atoms with Crippen molar-refractivity contribution < 1.29 is 4.52 Å². The van der Waals surface area contributed by atoms with Crippen LogP contribution in [0.5, 0.6) is 0 Å². The molecule has 0 saturated heterocycles. The molecule has 1 aliphatic rings. The van der Waals surface area contributed by atoms with Gasteiger partial charge < -0.3 is 10.3 Å². The molecule has 3 rings (SSSR count). The minimum absolute atomic E-state index is 0.370. The van der Waals surface area contributed by atoms with Gasteiger partial charge in [-0.1, -0.05) is 36.2 Å². The quantitative estimate of drug-likeness (QED) is 0.932. The van der Waals surface area contributed by atoms with E-state index in [0.717, 1.165) is 25.7 Å². The molecule has 4 heteroatoms. The standard InChI is InChI=1S/C16H21N3O/c1-11-5-6-13(9-12(11)2)10-14-18-15(19-20-14)16(17)7-3-4-8-16/h5-6,9H,3-4,7-8,10,17H2,1-2H3. The van der Waals surface area contributed by atoms with E-state index >= 15 is 0 Å². The highest BCUT2D eigenvalue weighted by Crippen LogP contribution is 2.34. The Morgan fingerprint density at radius 3 is 2.65 bits per heavy atom. The van der Waals surface area contributed by atoms with Gasteiger partial charge in [0.05, 0.1) is 12.0 Å². The summed E-state index contributed by atoms with van der Waals surface area (Å²) in [6, 6.07) is 6.41. The van der Waals surface area contributed by atoms with E-state index in [1.54, 1.807) is 0 Å². The summed E-state index contributed by atoms with van der Waals surface area (Å²) >= 11 is 0. The molecule has 20 heavy (non-hydrogen) atoms. The lowest BCUT2D eigenvalue weighted by Crippen LogP contribution is -2.34. The molecule has 1 saturated carbocycles. The zero-order valence-electron chi connectivity index (χ0n) is 12.1. The van der Waals surface area contributed by atoms with E-state index in [2.05, 4.69) is 42.2 Å². The van der Waals surface area contributed by atoms with Crippen LogP contribution in [0.25, 0.3) is 0 Å². The number of nitrogens with two attached hydrogens (primary N) is 1. The fraction of sp³-hybridized carbons (Fsp3) is 0.500.